The van der Waals surface area contributed by atoms with Gasteiger partial charge in [0.2, 0.25) is 5.91 Å². The number of hydrogen-bond acceptors (Lipinski definition) is 4. The van der Waals surface area contributed by atoms with E-state index in [9.17, 15) is 19.7 Å². The minimum atomic E-state index is -1.27. The minimum absolute atomic E-state index is 0.0336. The van der Waals surface area contributed by atoms with Gasteiger partial charge in [-0.1, -0.05) is 11.8 Å². The standard InChI is InChI=1S/C11H8N2O5/c12-10(14)3-1-2-7-4-5-8(11(15)16)6-9(7)13(17)18/h4-6H,3H2,(H2,12,14)(H,15,16). The lowest BCUT2D eigenvalue weighted by molar-refractivity contribution is -0.385. The molecule has 0 bridgehead atoms. The zero-order valence-electron chi connectivity index (χ0n) is 9.04. The molecule has 1 aromatic carbocycles. The van der Waals surface area contributed by atoms with E-state index in [1.165, 1.54) is 12.1 Å². The summed E-state index contributed by atoms with van der Waals surface area (Å²) in [7, 11) is 0. The van der Waals surface area contributed by atoms with Gasteiger partial charge in [0.15, 0.2) is 0 Å². The van der Waals surface area contributed by atoms with Gasteiger partial charge in [-0.15, -0.1) is 0 Å². The molecule has 0 aliphatic heterocycles. The van der Waals surface area contributed by atoms with Crippen molar-refractivity contribution >= 4 is 17.6 Å². The van der Waals surface area contributed by atoms with Crippen molar-refractivity contribution in [2.75, 3.05) is 0 Å². The van der Waals surface area contributed by atoms with Crippen LogP contribution in [0.4, 0.5) is 5.69 Å². The number of nitro groups is 1. The number of amides is 1. The number of aromatic carboxylic acids is 1. The van der Waals surface area contributed by atoms with Gasteiger partial charge in [0.25, 0.3) is 5.69 Å². The summed E-state index contributed by atoms with van der Waals surface area (Å²) in [6.07, 6.45) is -0.224. The van der Waals surface area contributed by atoms with E-state index in [2.05, 4.69) is 11.8 Å². The molecule has 7 nitrogen and oxygen atoms in total. The number of carboxylic acid groups (broad SMARTS) is 1. The molecule has 1 amide bonds. The molecule has 0 spiro atoms. The highest BCUT2D eigenvalue weighted by Gasteiger charge is 2.15. The molecule has 0 fully saturated rings. The molecule has 0 saturated heterocycles. The second-order valence-electron chi connectivity index (χ2n) is 3.24. The van der Waals surface area contributed by atoms with Gasteiger partial charge in [-0.25, -0.2) is 4.79 Å². The number of carboxylic acids is 1. The third-order valence-corrected chi connectivity index (χ3v) is 1.93. The third-order valence-electron chi connectivity index (χ3n) is 1.93. The van der Waals surface area contributed by atoms with Gasteiger partial charge in [0.05, 0.1) is 16.9 Å². The van der Waals surface area contributed by atoms with Crippen LogP contribution in [-0.4, -0.2) is 21.9 Å². The molecule has 0 aliphatic rings. The SMILES string of the molecule is NC(=O)CC#Cc1ccc(C(=O)O)cc1[N+](=O)[O-]. The van der Waals surface area contributed by atoms with Crippen molar-refractivity contribution in [1.29, 1.82) is 0 Å². The molecule has 0 radical (unpaired) electrons. The van der Waals surface area contributed by atoms with Gasteiger partial charge in [-0.3, -0.25) is 14.9 Å². The molecule has 3 N–H and O–H groups in total. The highest BCUT2D eigenvalue weighted by molar-refractivity contribution is 5.89. The van der Waals surface area contributed by atoms with E-state index in [4.69, 9.17) is 10.8 Å². The lowest BCUT2D eigenvalue weighted by Gasteiger charge is -1.97. The van der Waals surface area contributed by atoms with Crippen molar-refractivity contribution in [3.8, 4) is 11.8 Å². The van der Waals surface area contributed by atoms with Gasteiger partial charge in [-0.05, 0) is 12.1 Å². The first-order valence-electron chi connectivity index (χ1n) is 4.70. The molecule has 92 valence electrons. The van der Waals surface area contributed by atoms with Gasteiger partial charge >= 0.3 is 5.97 Å². The first-order valence-corrected chi connectivity index (χ1v) is 4.70. The predicted molar refractivity (Wildman–Crippen MR) is 60.7 cm³/mol. The molecule has 0 atom stereocenters. The average Bonchev–Trinajstić information content (AvgIpc) is 2.28. The molecule has 1 aromatic rings. The largest absolute Gasteiger partial charge is 0.478 e. The van der Waals surface area contributed by atoms with E-state index in [0.717, 1.165) is 6.07 Å². The molecule has 7 heteroatoms. The predicted octanol–water partition coefficient (Wildman–Crippen LogP) is 0.520. The van der Waals surface area contributed by atoms with Crippen LogP contribution in [0.3, 0.4) is 0 Å². The van der Waals surface area contributed by atoms with Crippen LogP contribution < -0.4 is 5.73 Å². The normalized spacial score (nSPS) is 9.11. The second kappa shape index (κ2) is 5.45. The maximum atomic E-state index is 10.7. The van der Waals surface area contributed by atoms with Crippen molar-refractivity contribution in [2.24, 2.45) is 5.73 Å². The Hall–Kier alpha value is -2.88. The highest BCUT2D eigenvalue weighted by atomic mass is 16.6. The number of carbonyl (C=O) groups excluding carboxylic acids is 1. The molecule has 18 heavy (non-hydrogen) atoms. The number of nitro benzene ring substituents is 1. The Balaban J connectivity index is 3.18. The van der Waals surface area contributed by atoms with E-state index >= 15 is 0 Å². The number of hydrogen-bond donors (Lipinski definition) is 2. The fraction of sp³-hybridized carbons (Fsp3) is 0.0909. The quantitative estimate of drug-likeness (QED) is 0.458. The molecule has 0 heterocycles. The molecule has 0 aromatic heterocycles. The lowest BCUT2D eigenvalue weighted by atomic mass is 10.1. The average molecular weight is 248 g/mol. The minimum Gasteiger partial charge on any atom is -0.478 e. The Kier molecular flexibility index (Phi) is 3.99. The molecule has 1 rings (SSSR count). The zero-order chi connectivity index (χ0) is 13.7. The Bertz CT molecular complexity index is 583. The Morgan fingerprint density at radius 1 is 1.44 bits per heavy atom. The summed E-state index contributed by atoms with van der Waals surface area (Å²) in [5.41, 5.74) is 4.27. The smallest absolute Gasteiger partial charge is 0.335 e. The van der Waals surface area contributed by atoms with Crippen LogP contribution in [0.15, 0.2) is 18.2 Å². The highest BCUT2D eigenvalue weighted by Crippen LogP contribution is 2.19. The van der Waals surface area contributed by atoms with E-state index in [0.29, 0.717) is 0 Å². The van der Waals surface area contributed by atoms with E-state index < -0.39 is 22.5 Å². The Morgan fingerprint density at radius 3 is 2.61 bits per heavy atom. The first kappa shape index (κ1) is 13.2. The van der Waals surface area contributed by atoms with Crippen molar-refractivity contribution in [1.82, 2.24) is 0 Å². The summed E-state index contributed by atoms with van der Waals surface area (Å²) < 4.78 is 0. The van der Waals surface area contributed by atoms with Crippen molar-refractivity contribution < 1.29 is 19.6 Å². The van der Waals surface area contributed by atoms with Gasteiger partial charge < -0.3 is 10.8 Å². The number of nitrogens with zero attached hydrogens (tertiary/aromatic N) is 1. The molecular formula is C11H8N2O5. The Morgan fingerprint density at radius 2 is 2.11 bits per heavy atom. The van der Waals surface area contributed by atoms with Crippen LogP contribution in [0.1, 0.15) is 22.3 Å². The lowest BCUT2D eigenvalue weighted by Crippen LogP contribution is -2.08. The van der Waals surface area contributed by atoms with Gasteiger partial charge in [0, 0.05) is 6.07 Å². The summed E-state index contributed by atoms with van der Waals surface area (Å²) in [6.45, 7) is 0. The molecular weight excluding hydrogens is 240 g/mol. The zero-order valence-corrected chi connectivity index (χ0v) is 9.04. The number of primary amides is 1. The fourth-order valence-electron chi connectivity index (χ4n) is 1.15. The number of nitrogens with two attached hydrogens (primary N) is 1. The monoisotopic (exact) mass is 248 g/mol. The van der Waals surface area contributed by atoms with Crippen LogP contribution >= 0.6 is 0 Å². The molecule has 0 saturated carbocycles. The maximum absolute atomic E-state index is 10.7. The van der Waals surface area contributed by atoms with Crippen molar-refractivity contribution in [2.45, 2.75) is 6.42 Å². The van der Waals surface area contributed by atoms with Gasteiger partial charge in [0.1, 0.15) is 5.56 Å². The van der Waals surface area contributed by atoms with Crippen LogP contribution in [0, 0.1) is 22.0 Å². The first-order chi connectivity index (χ1) is 8.41. The van der Waals surface area contributed by atoms with E-state index in [1.54, 1.807) is 0 Å². The Labute approximate surface area is 101 Å². The van der Waals surface area contributed by atoms with E-state index in [1.807, 2.05) is 0 Å². The topological polar surface area (TPSA) is 124 Å². The van der Waals surface area contributed by atoms with E-state index in [-0.39, 0.29) is 17.5 Å². The second-order valence-corrected chi connectivity index (χ2v) is 3.24. The number of carbonyl (C=O) groups is 2. The summed E-state index contributed by atoms with van der Waals surface area (Å²) in [4.78, 5) is 31.1. The summed E-state index contributed by atoms with van der Waals surface area (Å²) in [6, 6.07) is 3.33. The number of benzene rings is 1. The van der Waals surface area contributed by atoms with Crippen LogP contribution in [0.2, 0.25) is 0 Å². The summed E-state index contributed by atoms with van der Waals surface area (Å²) in [5.74, 6) is 2.86. The maximum Gasteiger partial charge on any atom is 0.335 e. The third kappa shape index (κ3) is 3.31. The number of rotatable bonds is 3. The van der Waals surface area contributed by atoms with Crippen LogP contribution in [-0.2, 0) is 4.79 Å². The summed E-state index contributed by atoms with van der Waals surface area (Å²) in [5, 5.41) is 19.5. The van der Waals surface area contributed by atoms with Crippen molar-refractivity contribution in [3.05, 3.63) is 39.4 Å². The van der Waals surface area contributed by atoms with Crippen LogP contribution in [0.25, 0.3) is 0 Å². The fourth-order valence-corrected chi connectivity index (χ4v) is 1.15. The van der Waals surface area contributed by atoms with Gasteiger partial charge in [-0.2, -0.15) is 0 Å². The van der Waals surface area contributed by atoms with Crippen molar-refractivity contribution in [3.63, 3.8) is 0 Å². The molecule has 0 aliphatic carbocycles. The molecule has 0 unspecified atom stereocenters. The summed E-state index contributed by atoms with van der Waals surface area (Å²) >= 11 is 0. The van der Waals surface area contributed by atoms with Crippen LogP contribution in [0.5, 0.6) is 0 Å².